The van der Waals surface area contributed by atoms with Gasteiger partial charge in [-0.05, 0) is 6.92 Å². The average molecular weight is 129 g/mol. The normalized spacial score (nSPS) is 12.2. The fourth-order valence-electron chi connectivity index (χ4n) is 0.330. The summed E-state index contributed by atoms with van der Waals surface area (Å²) in [5.41, 5.74) is 4.93. The van der Waals surface area contributed by atoms with Crippen molar-refractivity contribution in [2.75, 3.05) is 6.54 Å². The lowest BCUT2D eigenvalue weighted by Gasteiger charge is -2.02. The minimum absolute atomic E-state index is 0.0913. The summed E-state index contributed by atoms with van der Waals surface area (Å²) < 4.78 is 0. The topological polar surface area (TPSA) is 72.2 Å². The lowest BCUT2D eigenvalue weighted by atomic mass is 10.4. The Kier molecular flexibility index (Phi) is 3.62. The highest BCUT2D eigenvalue weighted by Crippen LogP contribution is 1.71. The van der Waals surface area contributed by atoms with Crippen molar-refractivity contribution >= 4 is 12.2 Å². The molecule has 4 heteroatoms. The van der Waals surface area contributed by atoms with E-state index in [-0.39, 0.29) is 12.5 Å². The Bertz CT molecular complexity index is 114. The fourth-order valence-corrected chi connectivity index (χ4v) is 0.330. The van der Waals surface area contributed by atoms with Crippen LogP contribution in [0.5, 0.6) is 0 Å². The highest BCUT2D eigenvalue weighted by atomic mass is 16.2. The zero-order valence-corrected chi connectivity index (χ0v) is 5.18. The summed E-state index contributed by atoms with van der Waals surface area (Å²) in [7, 11) is 0. The minimum atomic E-state index is -0.555. The van der Waals surface area contributed by atoms with Crippen LogP contribution in [0.15, 0.2) is 0 Å². The molecule has 0 aliphatic heterocycles. The molecule has 0 unspecified atom stereocenters. The van der Waals surface area contributed by atoms with E-state index in [0.29, 0.717) is 0 Å². The molecule has 0 saturated heterocycles. The Morgan fingerprint density at radius 3 is 2.78 bits per heavy atom. The number of amides is 1. The molecule has 0 fully saturated rings. The molecule has 0 bridgehead atoms. The number of nitrogens with two attached hydrogens (primary N) is 1. The maximum absolute atomic E-state index is 10.4. The number of rotatable bonds is 3. The second-order valence-corrected chi connectivity index (χ2v) is 1.61. The van der Waals surface area contributed by atoms with Gasteiger partial charge in [-0.25, -0.2) is 0 Å². The molecule has 4 nitrogen and oxygen atoms in total. The zero-order chi connectivity index (χ0) is 7.28. The molecule has 0 saturated carbocycles. The lowest BCUT2D eigenvalue weighted by Crippen LogP contribution is -2.37. The van der Waals surface area contributed by atoms with Crippen molar-refractivity contribution in [2.45, 2.75) is 13.0 Å². The average Bonchev–Trinajstić information content (AvgIpc) is 1.87. The van der Waals surface area contributed by atoms with Crippen LogP contribution in [0.1, 0.15) is 6.92 Å². The van der Waals surface area contributed by atoms with Gasteiger partial charge in [-0.3, -0.25) is 9.59 Å². The maximum atomic E-state index is 10.4. The van der Waals surface area contributed by atoms with E-state index in [9.17, 15) is 9.59 Å². The van der Waals surface area contributed by atoms with Crippen LogP contribution in [0.25, 0.3) is 0 Å². The van der Waals surface area contributed by atoms with Gasteiger partial charge < -0.3 is 11.1 Å². The molecular weight excluding hydrogens is 120 g/mol. The predicted octanol–water partition coefficient (Wildman–Crippen LogP) is -1.44. The molecule has 0 aromatic rings. The van der Waals surface area contributed by atoms with E-state index in [1.54, 1.807) is 6.29 Å². The minimum Gasteiger partial charge on any atom is -0.345 e. The van der Waals surface area contributed by atoms with Crippen molar-refractivity contribution in [2.24, 2.45) is 5.73 Å². The van der Waals surface area contributed by atoms with E-state index in [1.807, 2.05) is 0 Å². The standard InChI is InChI=1S/C5H9N2O2/c1-4(3-8)7-5(9)2-6/h4H,2,6H2,1H3,(H,7,9)/t4-/m0/s1. The van der Waals surface area contributed by atoms with Gasteiger partial charge in [0.15, 0.2) is 0 Å². The van der Waals surface area contributed by atoms with Crippen LogP contribution in [0.2, 0.25) is 0 Å². The monoisotopic (exact) mass is 129 g/mol. The molecule has 0 spiro atoms. The van der Waals surface area contributed by atoms with Gasteiger partial charge in [-0.15, -0.1) is 0 Å². The van der Waals surface area contributed by atoms with Crippen molar-refractivity contribution < 1.29 is 9.59 Å². The van der Waals surface area contributed by atoms with Crippen LogP contribution < -0.4 is 11.1 Å². The first-order valence-corrected chi connectivity index (χ1v) is 2.57. The second kappa shape index (κ2) is 4.03. The van der Waals surface area contributed by atoms with Crippen molar-refractivity contribution in [3.05, 3.63) is 0 Å². The fraction of sp³-hybridized carbons (Fsp3) is 0.600. The predicted molar refractivity (Wildman–Crippen MR) is 32.4 cm³/mol. The largest absolute Gasteiger partial charge is 0.345 e. The van der Waals surface area contributed by atoms with Gasteiger partial charge >= 0.3 is 0 Å². The van der Waals surface area contributed by atoms with E-state index in [1.165, 1.54) is 6.92 Å². The SMILES string of the molecule is C[C@@H]([C]=O)NC(=O)CN. The smallest absolute Gasteiger partial charge is 0.234 e. The summed E-state index contributed by atoms with van der Waals surface area (Å²) in [5, 5.41) is 2.29. The van der Waals surface area contributed by atoms with Gasteiger partial charge in [0.1, 0.15) is 0 Å². The number of hydrogen-bond donors (Lipinski definition) is 2. The molecule has 0 aliphatic rings. The molecule has 1 amide bonds. The quantitative estimate of drug-likeness (QED) is 0.490. The van der Waals surface area contributed by atoms with Crippen LogP contribution in [-0.4, -0.2) is 24.8 Å². The number of carbonyl (C=O) groups excluding carboxylic acids is 2. The van der Waals surface area contributed by atoms with Gasteiger partial charge in [-0.2, -0.15) is 0 Å². The Morgan fingerprint density at radius 1 is 1.89 bits per heavy atom. The number of hydrogen-bond acceptors (Lipinski definition) is 3. The lowest BCUT2D eigenvalue weighted by molar-refractivity contribution is -0.119. The maximum Gasteiger partial charge on any atom is 0.234 e. The first-order valence-electron chi connectivity index (χ1n) is 2.57. The van der Waals surface area contributed by atoms with Crippen molar-refractivity contribution in [1.29, 1.82) is 0 Å². The number of nitrogens with one attached hydrogen (secondary N) is 1. The van der Waals surface area contributed by atoms with Crippen LogP contribution >= 0.6 is 0 Å². The van der Waals surface area contributed by atoms with E-state index in [0.717, 1.165) is 0 Å². The van der Waals surface area contributed by atoms with E-state index in [2.05, 4.69) is 5.32 Å². The summed E-state index contributed by atoms with van der Waals surface area (Å²) in [6.07, 6.45) is 1.59. The van der Waals surface area contributed by atoms with Crippen molar-refractivity contribution in [3.8, 4) is 0 Å². The molecule has 0 aromatic carbocycles. The molecule has 1 atom stereocenters. The summed E-state index contributed by atoms with van der Waals surface area (Å²) in [5.74, 6) is -0.342. The highest BCUT2D eigenvalue weighted by Gasteiger charge is 2.02. The summed E-state index contributed by atoms with van der Waals surface area (Å²) >= 11 is 0. The summed E-state index contributed by atoms with van der Waals surface area (Å²) in [6.45, 7) is 1.44. The zero-order valence-electron chi connectivity index (χ0n) is 5.18. The van der Waals surface area contributed by atoms with E-state index < -0.39 is 6.04 Å². The van der Waals surface area contributed by atoms with E-state index >= 15 is 0 Å². The van der Waals surface area contributed by atoms with Gasteiger partial charge in [0.25, 0.3) is 0 Å². The van der Waals surface area contributed by atoms with Crippen LogP contribution in [0.4, 0.5) is 0 Å². The Morgan fingerprint density at radius 2 is 2.44 bits per heavy atom. The highest BCUT2D eigenvalue weighted by molar-refractivity contribution is 5.80. The molecule has 9 heavy (non-hydrogen) atoms. The third-order valence-corrected chi connectivity index (χ3v) is 0.740. The van der Waals surface area contributed by atoms with Gasteiger partial charge in [0.05, 0.1) is 12.6 Å². The van der Waals surface area contributed by atoms with Gasteiger partial charge in [0, 0.05) is 0 Å². The van der Waals surface area contributed by atoms with Crippen molar-refractivity contribution in [3.63, 3.8) is 0 Å². The number of carbonyl (C=O) groups is 1. The summed E-state index contributed by atoms with van der Waals surface area (Å²) in [6, 6.07) is -0.555. The summed E-state index contributed by atoms with van der Waals surface area (Å²) in [4.78, 5) is 20.1. The van der Waals surface area contributed by atoms with Crippen LogP contribution in [-0.2, 0) is 9.59 Å². The molecule has 0 aromatic heterocycles. The Hall–Kier alpha value is -0.900. The van der Waals surface area contributed by atoms with Crippen LogP contribution in [0, 0.1) is 0 Å². The molecule has 51 valence electrons. The Labute approximate surface area is 53.4 Å². The third kappa shape index (κ3) is 3.66. The van der Waals surface area contributed by atoms with Crippen LogP contribution in [0.3, 0.4) is 0 Å². The molecule has 1 radical (unpaired) electrons. The van der Waals surface area contributed by atoms with E-state index in [4.69, 9.17) is 5.73 Å². The second-order valence-electron chi connectivity index (χ2n) is 1.61. The molecular formula is C5H9N2O2. The van der Waals surface area contributed by atoms with Gasteiger partial charge in [0.2, 0.25) is 12.2 Å². The molecule has 0 aliphatic carbocycles. The Balaban J connectivity index is 3.46. The van der Waals surface area contributed by atoms with Gasteiger partial charge in [-0.1, -0.05) is 0 Å². The van der Waals surface area contributed by atoms with Crippen molar-refractivity contribution in [1.82, 2.24) is 5.32 Å². The third-order valence-electron chi connectivity index (χ3n) is 0.740. The molecule has 0 rings (SSSR count). The molecule has 0 heterocycles. The first kappa shape index (κ1) is 8.10. The molecule has 3 N–H and O–H groups in total. The first-order chi connectivity index (χ1) is 4.20.